The summed E-state index contributed by atoms with van der Waals surface area (Å²) in [6.45, 7) is 4.02. The average Bonchev–Trinajstić information content (AvgIpc) is 1.35. The molecule has 0 fully saturated rings. The molecule has 0 amide bonds. The third-order valence-corrected chi connectivity index (χ3v) is 0.577. The van der Waals surface area contributed by atoms with Gasteiger partial charge in [-0.1, -0.05) is 33.1 Å². The summed E-state index contributed by atoms with van der Waals surface area (Å²) in [6.07, 6.45) is 2.33. The lowest BCUT2D eigenvalue weighted by atomic mass is 10.3. The summed E-state index contributed by atoms with van der Waals surface area (Å²) in [7, 11) is 0. The Balaban J connectivity index is 2.63. The predicted octanol–water partition coefficient (Wildman–Crippen LogP) is 2.20. The van der Waals surface area contributed by atoms with Gasteiger partial charge in [0.2, 0.25) is 0 Å². The van der Waals surface area contributed by atoms with Crippen LogP contribution in [0.4, 0.5) is 0 Å². The van der Waals surface area contributed by atoms with E-state index in [0.717, 1.165) is 12.8 Å². The normalized spacial score (nSPS) is 17.6. The maximum atomic E-state index is 6.98. The van der Waals surface area contributed by atoms with Crippen molar-refractivity contribution in [2.24, 2.45) is 0 Å². The van der Waals surface area contributed by atoms with Crippen LogP contribution in [0.25, 0.3) is 0 Å². The maximum absolute atomic E-state index is 6.98. The molecule has 0 aromatic carbocycles. The molecule has 0 unspecified atom stereocenters. The third-order valence-electron chi connectivity index (χ3n) is 0.577. The second-order valence-electron chi connectivity index (χ2n) is 1.20. The van der Waals surface area contributed by atoms with E-state index in [2.05, 4.69) is 6.92 Å². The monoisotopic (exact) mass is 73.1 g/mol. The molecule has 0 aromatic rings. The second kappa shape index (κ2) is 4.00. The van der Waals surface area contributed by atoms with Gasteiger partial charge < -0.3 is 0 Å². The van der Waals surface area contributed by atoms with Crippen LogP contribution in [0.5, 0.6) is 0 Å². The second-order valence-corrected chi connectivity index (χ2v) is 1.20. The molecule has 0 radical (unpaired) electrons. The highest BCUT2D eigenvalue weighted by molar-refractivity contribution is 4.24. The van der Waals surface area contributed by atoms with Gasteiger partial charge in [0.1, 0.15) is 0 Å². The smallest absolute Gasteiger partial charge is 0.0264 e. The quantitative estimate of drug-likeness (QED) is 0.470. The van der Waals surface area contributed by atoms with Gasteiger partial charge in [-0.15, -0.1) is 0 Å². The van der Waals surface area contributed by atoms with Gasteiger partial charge in [-0.25, -0.2) is 0 Å². The van der Waals surface area contributed by atoms with Crippen LogP contribution in [-0.4, -0.2) is 0 Å². The van der Waals surface area contributed by atoms with E-state index in [9.17, 15) is 0 Å². The summed E-state index contributed by atoms with van der Waals surface area (Å²) in [5.74, 6) is 0. The Labute approximate surface area is 35.6 Å². The van der Waals surface area contributed by atoms with E-state index in [1.54, 1.807) is 0 Å². The van der Waals surface area contributed by atoms with Crippen molar-refractivity contribution in [3.05, 3.63) is 0 Å². The minimum absolute atomic E-state index is 0.148. The Kier molecular flexibility index (Phi) is 2.56. The molecule has 0 nitrogen and oxygen atoms in total. The molecule has 0 saturated carbocycles. The summed E-state index contributed by atoms with van der Waals surface area (Å²) in [4.78, 5) is 0. The van der Waals surface area contributed by atoms with E-state index >= 15 is 0 Å². The van der Waals surface area contributed by atoms with Crippen LogP contribution >= 0.6 is 0 Å². The molecule has 0 heterocycles. The fraction of sp³-hybridized carbons (Fsp3) is 1.00. The topological polar surface area (TPSA) is 0 Å². The van der Waals surface area contributed by atoms with Crippen molar-refractivity contribution in [2.45, 2.75) is 33.1 Å². The first kappa shape index (κ1) is 3.20. The average molecular weight is 73.2 g/mol. The third kappa shape index (κ3) is 4.00. The van der Waals surface area contributed by atoms with E-state index in [1.807, 2.05) is 6.92 Å². The molecule has 0 aliphatic carbocycles. The molecule has 0 spiro atoms. The number of rotatable bonds is 2. The first-order chi connectivity index (χ1) is 2.77. The standard InChI is InChI=1S/C5H12/c1-3-5-4-2/h3-5H2,1-2H3/i3D/t3-/m0/s1. The molecule has 0 bridgehead atoms. The van der Waals surface area contributed by atoms with Gasteiger partial charge in [0.25, 0.3) is 0 Å². The number of hydrogen-bond acceptors (Lipinski definition) is 0. The van der Waals surface area contributed by atoms with Crippen molar-refractivity contribution in [1.82, 2.24) is 0 Å². The van der Waals surface area contributed by atoms with Crippen molar-refractivity contribution in [1.29, 1.82) is 0 Å². The molecular formula is C5H12. The summed E-state index contributed by atoms with van der Waals surface area (Å²) >= 11 is 0. The van der Waals surface area contributed by atoms with Crippen LogP contribution < -0.4 is 0 Å². The fourth-order valence-electron chi connectivity index (χ4n) is 0.289. The van der Waals surface area contributed by atoms with Crippen molar-refractivity contribution < 1.29 is 1.37 Å². The van der Waals surface area contributed by atoms with Crippen LogP contribution in [-0.2, 0) is 0 Å². The van der Waals surface area contributed by atoms with E-state index < -0.39 is 0 Å². The van der Waals surface area contributed by atoms with Gasteiger partial charge in [0.05, 0.1) is 0 Å². The van der Waals surface area contributed by atoms with E-state index in [-0.39, 0.29) is 6.40 Å². The van der Waals surface area contributed by atoms with Crippen LogP contribution in [0.1, 0.15) is 34.5 Å². The molecule has 0 aromatic heterocycles. The Morgan fingerprint density at radius 1 is 1.60 bits per heavy atom. The van der Waals surface area contributed by atoms with Crippen molar-refractivity contribution in [2.75, 3.05) is 0 Å². The Bertz CT molecular complexity index is 25.1. The van der Waals surface area contributed by atoms with Gasteiger partial charge in [0.15, 0.2) is 0 Å². The lowest BCUT2D eigenvalue weighted by Gasteiger charge is -1.79. The molecule has 1 atom stereocenters. The van der Waals surface area contributed by atoms with E-state index in [1.165, 1.54) is 0 Å². The molecule has 0 rings (SSSR count). The minimum Gasteiger partial charge on any atom is -0.0654 e. The molecule has 32 valence electrons. The highest BCUT2D eigenvalue weighted by Gasteiger charge is 1.68. The zero-order valence-electron chi connectivity index (χ0n) is 4.99. The first-order valence-electron chi connectivity index (χ1n) is 2.77. The summed E-state index contributed by atoms with van der Waals surface area (Å²) < 4.78 is 6.98. The lowest BCUT2D eigenvalue weighted by Crippen LogP contribution is -1.59. The van der Waals surface area contributed by atoms with Crippen molar-refractivity contribution >= 4 is 0 Å². The molecule has 0 heteroatoms. The van der Waals surface area contributed by atoms with Crippen molar-refractivity contribution in [3.63, 3.8) is 0 Å². The van der Waals surface area contributed by atoms with Gasteiger partial charge in [-0.2, -0.15) is 0 Å². The number of hydrogen-bond donors (Lipinski definition) is 0. The fourth-order valence-corrected chi connectivity index (χ4v) is 0.289. The lowest BCUT2D eigenvalue weighted by molar-refractivity contribution is 0.772. The zero-order valence-corrected chi connectivity index (χ0v) is 3.99. The molecule has 0 aliphatic heterocycles. The van der Waals surface area contributed by atoms with Gasteiger partial charge >= 0.3 is 0 Å². The minimum atomic E-state index is 0.148. The largest absolute Gasteiger partial charge is 0.0654 e. The van der Waals surface area contributed by atoms with Crippen LogP contribution in [0.15, 0.2) is 0 Å². The van der Waals surface area contributed by atoms with E-state index in [4.69, 9.17) is 1.37 Å². The zero-order chi connectivity index (χ0) is 4.99. The first-order valence-corrected chi connectivity index (χ1v) is 2.19. The van der Waals surface area contributed by atoms with Crippen molar-refractivity contribution in [3.8, 4) is 0 Å². The van der Waals surface area contributed by atoms with Crippen LogP contribution in [0.2, 0.25) is 0 Å². The van der Waals surface area contributed by atoms with Gasteiger partial charge in [0, 0.05) is 1.37 Å². The molecular weight excluding hydrogens is 60.1 g/mol. The molecule has 0 saturated heterocycles. The predicted molar refractivity (Wildman–Crippen MR) is 25.2 cm³/mol. The summed E-state index contributed by atoms with van der Waals surface area (Å²) in [5, 5.41) is 0. The highest BCUT2D eigenvalue weighted by atomic mass is 13.7. The molecule has 0 N–H and O–H groups in total. The van der Waals surface area contributed by atoms with Gasteiger partial charge in [-0.05, 0) is 0 Å². The molecule has 5 heavy (non-hydrogen) atoms. The van der Waals surface area contributed by atoms with Crippen LogP contribution in [0.3, 0.4) is 0 Å². The maximum Gasteiger partial charge on any atom is 0.0264 e. The molecule has 0 aliphatic rings. The highest BCUT2D eigenvalue weighted by Crippen LogP contribution is 1.88. The van der Waals surface area contributed by atoms with Crippen LogP contribution in [0, 0.1) is 0 Å². The van der Waals surface area contributed by atoms with Gasteiger partial charge in [-0.3, -0.25) is 0 Å². The van der Waals surface area contributed by atoms with E-state index in [0.29, 0.717) is 0 Å². The Hall–Kier alpha value is 0. The SMILES string of the molecule is [2H][C@@H](C)CCC. The summed E-state index contributed by atoms with van der Waals surface area (Å²) in [6, 6.07) is 0. The Morgan fingerprint density at radius 3 is 2.20 bits per heavy atom. The Morgan fingerprint density at radius 2 is 2.20 bits per heavy atom. The summed E-state index contributed by atoms with van der Waals surface area (Å²) in [5.41, 5.74) is 0.